The number of hydrogen-bond acceptors (Lipinski definition) is 5. The van der Waals surface area contributed by atoms with Gasteiger partial charge in [-0.2, -0.15) is 0 Å². The van der Waals surface area contributed by atoms with Gasteiger partial charge in [-0.1, -0.05) is 0 Å². The minimum atomic E-state index is -0.699. The lowest BCUT2D eigenvalue weighted by molar-refractivity contribution is -0.143. The predicted molar refractivity (Wildman–Crippen MR) is 87.9 cm³/mol. The van der Waals surface area contributed by atoms with E-state index in [1.165, 1.54) is 7.11 Å². The van der Waals surface area contributed by atoms with Crippen LogP contribution < -0.4 is 20.1 Å². The van der Waals surface area contributed by atoms with Crippen LogP contribution in [-0.4, -0.2) is 32.3 Å². The van der Waals surface area contributed by atoms with E-state index in [2.05, 4.69) is 10.6 Å². The van der Waals surface area contributed by atoms with Crippen molar-refractivity contribution in [2.75, 3.05) is 14.2 Å². The summed E-state index contributed by atoms with van der Waals surface area (Å²) in [7, 11) is 3.07. The second-order valence-corrected chi connectivity index (χ2v) is 5.63. The van der Waals surface area contributed by atoms with E-state index < -0.39 is 18.0 Å². The fraction of sp³-hybridized carbons (Fsp3) is 0.412. The summed E-state index contributed by atoms with van der Waals surface area (Å²) in [6, 6.07) is 4.10. The van der Waals surface area contributed by atoms with Crippen molar-refractivity contribution in [3.05, 3.63) is 35.0 Å². The topological polar surface area (TPSA) is 85.9 Å². The molecule has 0 saturated heterocycles. The third-order valence-corrected chi connectivity index (χ3v) is 3.58. The van der Waals surface area contributed by atoms with E-state index in [0.717, 1.165) is 0 Å². The molecule has 2 rings (SSSR count). The lowest BCUT2D eigenvalue weighted by Crippen LogP contribution is -2.45. The zero-order chi connectivity index (χ0) is 17.9. The maximum atomic E-state index is 12.5. The first-order valence-electron chi connectivity index (χ1n) is 7.58. The van der Waals surface area contributed by atoms with Crippen LogP contribution in [0.5, 0.6) is 11.5 Å². The summed E-state index contributed by atoms with van der Waals surface area (Å²) >= 11 is 0. The number of ether oxygens (including phenoxy) is 3. The number of rotatable bonds is 5. The van der Waals surface area contributed by atoms with E-state index >= 15 is 0 Å². The molecule has 7 nitrogen and oxygen atoms in total. The van der Waals surface area contributed by atoms with Crippen molar-refractivity contribution in [2.45, 2.75) is 32.9 Å². The van der Waals surface area contributed by atoms with Crippen LogP contribution in [0.1, 0.15) is 32.4 Å². The number of benzene rings is 1. The molecule has 1 aliphatic rings. The molecule has 1 heterocycles. The van der Waals surface area contributed by atoms with Crippen molar-refractivity contribution in [1.82, 2.24) is 10.6 Å². The molecule has 0 spiro atoms. The molecule has 24 heavy (non-hydrogen) atoms. The molecule has 2 amide bonds. The summed E-state index contributed by atoms with van der Waals surface area (Å²) in [4.78, 5) is 24.4. The number of carbonyl (C=O) groups is 2. The van der Waals surface area contributed by atoms with Crippen molar-refractivity contribution >= 4 is 12.0 Å². The van der Waals surface area contributed by atoms with Crippen molar-refractivity contribution in [3.8, 4) is 11.5 Å². The number of methoxy groups -OCH3 is 2. The smallest absolute Gasteiger partial charge is 0.338 e. The Morgan fingerprint density at radius 2 is 1.92 bits per heavy atom. The largest absolute Gasteiger partial charge is 0.497 e. The molecule has 0 fully saturated rings. The van der Waals surface area contributed by atoms with Crippen molar-refractivity contribution < 1.29 is 23.8 Å². The minimum Gasteiger partial charge on any atom is -0.497 e. The van der Waals surface area contributed by atoms with Gasteiger partial charge in [-0.15, -0.1) is 0 Å². The fourth-order valence-electron chi connectivity index (χ4n) is 2.54. The number of carbonyl (C=O) groups excluding carboxylic acids is 2. The highest BCUT2D eigenvalue weighted by atomic mass is 16.5. The summed E-state index contributed by atoms with van der Waals surface area (Å²) in [5.41, 5.74) is 1.39. The monoisotopic (exact) mass is 334 g/mol. The van der Waals surface area contributed by atoms with Crippen LogP contribution in [0.25, 0.3) is 0 Å². The second kappa shape index (κ2) is 7.25. The van der Waals surface area contributed by atoms with Crippen LogP contribution in [0, 0.1) is 0 Å². The normalized spacial score (nSPS) is 17.2. The van der Waals surface area contributed by atoms with E-state index in [0.29, 0.717) is 28.3 Å². The van der Waals surface area contributed by atoms with Gasteiger partial charge in [0.05, 0.1) is 31.9 Å². The Morgan fingerprint density at radius 3 is 2.50 bits per heavy atom. The highest BCUT2D eigenvalue weighted by Gasteiger charge is 2.34. The first-order chi connectivity index (χ1) is 11.4. The molecule has 1 aliphatic heterocycles. The Kier molecular flexibility index (Phi) is 5.33. The zero-order valence-electron chi connectivity index (χ0n) is 14.4. The van der Waals surface area contributed by atoms with E-state index in [1.54, 1.807) is 46.1 Å². The van der Waals surface area contributed by atoms with E-state index in [9.17, 15) is 9.59 Å². The molecular weight excluding hydrogens is 312 g/mol. The van der Waals surface area contributed by atoms with Crippen LogP contribution in [0.3, 0.4) is 0 Å². The number of amides is 2. The van der Waals surface area contributed by atoms with Crippen molar-refractivity contribution in [1.29, 1.82) is 0 Å². The SMILES string of the molecule is COc1ccc(OC)c([C@@H]2NC(=O)NC(C)=C2C(=O)OC(C)C)c1. The summed E-state index contributed by atoms with van der Waals surface area (Å²) in [6.45, 7) is 5.20. The van der Waals surface area contributed by atoms with E-state index in [1.807, 2.05) is 0 Å². The summed E-state index contributed by atoms with van der Waals surface area (Å²) in [6.07, 6.45) is -0.275. The number of urea groups is 1. The van der Waals surface area contributed by atoms with Gasteiger partial charge < -0.3 is 24.8 Å². The lowest BCUT2D eigenvalue weighted by atomic mass is 9.94. The molecule has 0 unspecified atom stereocenters. The van der Waals surface area contributed by atoms with Crippen LogP contribution in [0.4, 0.5) is 4.79 Å². The average molecular weight is 334 g/mol. The van der Waals surface area contributed by atoms with Gasteiger partial charge in [-0.3, -0.25) is 0 Å². The number of hydrogen-bond donors (Lipinski definition) is 2. The molecule has 1 aromatic rings. The number of esters is 1. The summed E-state index contributed by atoms with van der Waals surface area (Å²) in [5, 5.41) is 5.36. The highest BCUT2D eigenvalue weighted by Crippen LogP contribution is 2.35. The minimum absolute atomic E-state index is 0.275. The van der Waals surface area contributed by atoms with Crippen molar-refractivity contribution in [3.63, 3.8) is 0 Å². The lowest BCUT2D eigenvalue weighted by Gasteiger charge is -2.29. The predicted octanol–water partition coefficient (Wildman–Crippen LogP) is 2.28. The zero-order valence-corrected chi connectivity index (χ0v) is 14.4. The van der Waals surface area contributed by atoms with Gasteiger partial charge in [0.1, 0.15) is 11.5 Å². The molecule has 0 aromatic heterocycles. The number of allylic oxidation sites excluding steroid dienone is 1. The molecule has 1 atom stereocenters. The second-order valence-electron chi connectivity index (χ2n) is 5.63. The molecule has 2 N–H and O–H groups in total. The molecule has 0 radical (unpaired) electrons. The third-order valence-electron chi connectivity index (χ3n) is 3.58. The number of nitrogens with one attached hydrogen (secondary N) is 2. The first kappa shape index (κ1) is 17.7. The molecule has 0 bridgehead atoms. The first-order valence-corrected chi connectivity index (χ1v) is 7.58. The van der Waals surface area contributed by atoms with E-state index in [4.69, 9.17) is 14.2 Å². The van der Waals surface area contributed by atoms with Crippen LogP contribution in [-0.2, 0) is 9.53 Å². The van der Waals surface area contributed by atoms with Crippen molar-refractivity contribution in [2.24, 2.45) is 0 Å². The Morgan fingerprint density at radius 1 is 1.21 bits per heavy atom. The highest BCUT2D eigenvalue weighted by molar-refractivity contribution is 5.95. The standard InChI is InChI=1S/C17H22N2O5/c1-9(2)24-16(20)14-10(3)18-17(21)19-15(14)12-8-11(22-4)6-7-13(12)23-5/h6-9,15H,1-5H3,(H2,18,19,21)/t15-/m0/s1. The third kappa shape index (κ3) is 3.61. The van der Waals surface area contributed by atoms with E-state index in [-0.39, 0.29) is 6.10 Å². The van der Waals surface area contributed by atoms with Gasteiger partial charge in [-0.25, -0.2) is 9.59 Å². The summed E-state index contributed by atoms with van der Waals surface area (Å²) in [5.74, 6) is 0.628. The molecule has 0 saturated carbocycles. The maximum Gasteiger partial charge on any atom is 0.338 e. The Hall–Kier alpha value is -2.70. The molecule has 0 aliphatic carbocycles. The fourth-order valence-corrected chi connectivity index (χ4v) is 2.54. The molecule has 1 aromatic carbocycles. The van der Waals surface area contributed by atoms with Crippen LogP contribution >= 0.6 is 0 Å². The Labute approximate surface area is 141 Å². The maximum absolute atomic E-state index is 12.5. The molecule has 7 heteroatoms. The quantitative estimate of drug-likeness (QED) is 0.807. The van der Waals surface area contributed by atoms with Crippen LogP contribution in [0.2, 0.25) is 0 Å². The van der Waals surface area contributed by atoms with Gasteiger partial charge in [-0.05, 0) is 39.0 Å². The van der Waals surface area contributed by atoms with Gasteiger partial charge in [0.15, 0.2) is 0 Å². The van der Waals surface area contributed by atoms with Gasteiger partial charge in [0.2, 0.25) is 0 Å². The van der Waals surface area contributed by atoms with Crippen LogP contribution in [0.15, 0.2) is 29.5 Å². The summed E-state index contributed by atoms with van der Waals surface area (Å²) < 4.78 is 15.9. The van der Waals surface area contributed by atoms with Gasteiger partial charge in [0, 0.05) is 11.3 Å². The molecular formula is C17H22N2O5. The van der Waals surface area contributed by atoms with Gasteiger partial charge >= 0.3 is 12.0 Å². The Balaban J connectivity index is 2.54. The Bertz CT molecular complexity index is 682. The average Bonchev–Trinajstić information content (AvgIpc) is 2.52. The molecule has 130 valence electrons. The van der Waals surface area contributed by atoms with Gasteiger partial charge in [0.25, 0.3) is 0 Å².